The van der Waals surface area contributed by atoms with Crippen LogP contribution in [-0.2, 0) is 11.2 Å². The first-order valence-corrected chi connectivity index (χ1v) is 9.11. The van der Waals surface area contributed by atoms with Crippen molar-refractivity contribution in [3.8, 4) is 11.3 Å². The Labute approximate surface area is 150 Å². The average molecular weight is 392 g/mol. The molecule has 1 N–H and O–H groups in total. The molecule has 2 aromatic rings. The summed E-state index contributed by atoms with van der Waals surface area (Å²) in [6, 6.07) is 8.40. The van der Waals surface area contributed by atoms with Gasteiger partial charge in [-0.1, -0.05) is 34.1 Å². The normalized spacial score (nSPS) is 15.7. The van der Waals surface area contributed by atoms with E-state index in [0.717, 1.165) is 41.7 Å². The molecule has 0 unspecified atom stereocenters. The molecule has 0 atom stereocenters. The SMILES string of the molecule is CNC1CCN(C(=O)CCc2ncc(-c3ccccc3Br)o2)CC1. The average Bonchev–Trinajstić information content (AvgIpc) is 3.09. The summed E-state index contributed by atoms with van der Waals surface area (Å²) >= 11 is 3.51. The van der Waals surface area contributed by atoms with Crippen molar-refractivity contribution in [2.24, 2.45) is 0 Å². The molecule has 1 saturated heterocycles. The minimum Gasteiger partial charge on any atom is -0.441 e. The number of carbonyl (C=O) groups excluding carboxylic acids is 1. The molecule has 1 fully saturated rings. The van der Waals surface area contributed by atoms with Gasteiger partial charge in [0, 0.05) is 42.0 Å². The molecule has 0 bridgehead atoms. The maximum Gasteiger partial charge on any atom is 0.223 e. The maximum atomic E-state index is 12.3. The van der Waals surface area contributed by atoms with E-state index in [1.54, 1.807) is 6.20 Å². The van der Waals surface area contributed by atoms with E-state index in [-0.39, 0.29) is 5.91 Å². The minimum absolute atomic E-state index is 0.185. The molecule has 5 nitrogen and oxygen atoms in total. The number of benzene rings is 1. The van der Waals surface area contributed by atoms with Crippen LogP contribution in [0.5, 0.6) is 0 Å². The second-order valence-electron chi connectivity index (χ2n) is 6.04. The van der Waals surface area contributed by atoms with Gasteiger partial charge in [-0.15, -0.1) is 0 Å². The fraction of sp³-hybridized carbons (Fsp3) is 0.444. The molecule has 1 aromatic heterocycles. The van der Waals surface area contributed by atoms with Crippen LogP contribution in [0.3, 0.4) is 0 Å². The summed E-state index contributed by atoms with van der Waals surface area (Å²) in [4.78, 5) is 18.6. The predicted molar refractivity (Wildman–Crippen MR) is 96.6 cm³/mol. The number of aromatic nitrogens is 1. The van der Waals surface area contributed by atoms with Gasteiger partial charge in [0.25, 0.3) is 0 Å². The largest absolute Gasteiger partial charge is 0.441 e. The van der Waals surface area contributed by atoms with Gasteiger partial charge in [0.05, 0.1) is 6.20 Å². The number of carbonyl (C=O) groups is 1. The quantitative estimate of drug-likeness (QED) is 0.849. The van der Waals surface area contributed by atoms with Crippen LogP contribution in [0.2, 0.25) is 0 Å². The molecule has 6 heteroatoms. The van der Waals surface area contributed by atoms with Crippen molar-refractivity contribution in [2.45, 2.75) is 31.7 Å². The van der Waals surface area contributed by atoms with Gasteiger partial charge in [0.15, 0.2) is 11.7 Å². The fourth-order valence-corrected chi connectivity index (χ4v) is 3.48. The van der Waals surface area contributed by atoms with Gasteiger partial charge in [0.1, 0.15) is 0 Å². The van der Waals surface area contributed by atoms with Crippen molar-refractivity contribution in [3.05, 3.63) is 40.8 Å². The van der Waals surface area contributed by atoms with Gasteiger partial charge in [-0.05, 0) is 26.0 Å². The van der Waals surface area contributed by atoms with E-state index in [4.69, 9.17) is 4.42 Å². The Balaban J connectivity index is 1.54. The monoisotopic (exact) mass is 391 g/mol. The Morgan fingerprint density at radius 1 is 1.38 bits per heavy atom. The first-order valence-electron chi connectivity index (χ1n) is 8.32. The van der Waals surface area contributed by atoms with Gasteiger partial charge >= 0.3 is 0 Å². The number of nitrogens with one attached hydrogen (secondary N) is 1. The molecule has 0 spiro atoms. The summed E-state index contributed by atoms with van der Waals surface area (Å²) < 4.78 is 6.77. The van der Waals surface area contributed by atoms with Crippen LogP contribution in [0, 0.1) is 0 Å². The predicted octanol–water partition coefficient (Wildman–Crippen LogP) is 3.25. The third kappa shape index (κ3) is 4.05. The van der Waals surface area contributed by atoms with Crippen molar-refractivity contribution in [1.29, 1.82) is 0 Å². The molecule has 2 heterocycles. The molecule has 1 aliphatic heterocycles. The van der Waals surface area contributed by atoms with Crippen LogP contribution in [0.15, 0.2) is 39.4 Å². The van der Waals surface area contributed by atoms with E-state index in [0.29, 0.717) is 24.8 Å². The molecule has 0 radical (unpaired) electrons. The maximum absolute atomic E-state index is 12.3. The van der Waals surface area contributed by atoms with E-state index in [2.05, 4.69) is 26.2 Å². The number of aryl methyl sites for hydroxylation is 1. The van der Waals surface area contributed by atoms with Gasteiger partial charge in [-0.2, -0.15) is 0 Å². The highest BCUT2D eigenvalue weighted by Gasteiger charge is 2.22. The number of amides is 1. The van der Waals surface area contributed by atoms with Crippen LogP contribution >= 0.6 is 15.9 Å². The molecule has 128 valence electrons. The summed E-state index contributed by atoms with van der Waals surface area (Å²) in [5.41, 5.74) is 0.969. The summed E-state index contributed by atoms with van der Waals surface area (Å²) in [5, 5.41) is 3.28. The topological polar surface area (TPSA) is 58.4 Å². The lowest BCUT2D eigenvalue weighted by atomic mass is 10.0. The summed E-state index contributed by atoms with van der Waals surface area (Å²) in [7, 11) is 1.98. The number of likely N-dealkylation sites (tertiary alicyclic amines) is 1. The molecule has 0 aliphatic carbocycles. The van der Waals surface area contributed by atoms with Gasteiger partial charge < -0.3 is 14.6 Å². The molecule has 24 heavy (non-hydrogen) atoms. The van der Waals surface area contributed by atoms with E-state index < -0.39 is 0 Å². The van der Waals surface area contributed by atoms with Crippen LogP contribution in [0.1, 0.15) is 25.2 Å². The van der Waals surface area contributed by atoms with Gasteiger partial charge in [-0.25, -0.2) is 4.98 Å². The minimum atomic E-state index is 0.185. The second kappa shape index (κ2) is 7.94. The number of rotatable bonds is 5. The zero-order chi connectivity index (χ0) is 16.9. The van der Waals surface area contributed by atoms with Crippen molar-refractivity contribution in [3.63, 3.8) is 0 Å². The van der Waals surface area contributed by atoms with Crippen LogP contribution in [0.4, 0.5) is 0 Å². The lowest BCUT2D eigenvalue weighted by Crippen LogP contribution is -2.44. The molecular weight excluding hydrogens is 370 g/mol. The summed E-state index contributed by atoms with van der Waals surface area (Å²) in [6.45, 7) is 1.66. The fourth-order valence-electron chi connectivity index (χ4n) is 3.00. The molecule has 1 aromatic carbocycles. The number of hydrogen-bond donors (Lipinski definition) is 1. The molecule has 3 rings (SSSR count). The Morgan fingerprint density at radius 3 is 2.83 bits per heavy atom. The number of halogens is 1. The highest BCUT2D eigenvalue weighted by Crippen LogP contribution is 2.28. The van der Waals surface area contributed by atoms with E-state index in [1.807, 2.05) is 36.2 Å². The zero-order valence-electron chi connectivity index (χ0n) is 13.8. The molecule has 1 amide bonds. The zero-order valence-corrected chi connectivity index (χ0v) is 15.4. The smallest absolute Gasteiger partial charge is 0.223 e. The Hall–Kier alpha value is -1.66. The van der Waals surface area contributed by atoms with E-state index in [1.165, 1.54) is 0 Å². The highest BCUT2D eigenvalue weighted by molar-refractivity contribution is 9.10. The Bertz CT molecular complexity index is 693. The van der Waals surface area contributed by atoms with E-state index in [9.17, 15) is 4.79 Å². The number of piperidine rings is 1. The number of oxazole rings is 1. The van der Waals surface area contributed by atoms with Crippen LogP contribution in [-0.4, -0.2) is 42.0 Å². The molecular formula is C18H22BrN3O2. The Kier molecular flexibility index (Phi) is 5.68. The lowest BCUT2D eigenvalue weighted by molar-refractivity contribution is -0.132. The number of hydrogen-bond acceptors (Lipinski definition) is 4. The third-order valence-electron chi connectivity index (χ3n) is 4.50. The second-order valence-corrected chi connectivity index (χ2v) is 6.90. The highest BCUT2D eigenvalue weighted by atomic mass is 79.9. The van der Waals surface area contributed by atoms with E-state index >= 15 is 0 Å². The third-order valence-corrected chi connectivity index (χ3v) is 5.19. The van der Waals surface area contributed by atoms with Gasteiger partial charge in [-0.3, -0.25) is 4.79 Å². The lowest BCUT2D eigenvalue weighted by Gasteiger charge is -2.31. The standard InChI is InChI=1S/C18H22BrN3O2/c1-20-13-8-10-22(11-9-13)18(23)7-6-17-21-12-16(24-17)14-4-2-3-5-15(14)19/h2-5,12-13,20H,6-11H2,1H3. The van der Waals surface area contributed by atoms with Crippen molar-refractivity contribution < 1.29 is 9.21 Å². The summed E-state index contributed by atoms with van der Waals surface area (Å²) in [6.07, 6.45) is 4.74. The van der Waals surface area contributed by atoms with Crippen molar-refractivity contribution in [2.75, 3.05) is 20.1 Å². The van der Waals surface area contributed by atoms with Crippen molar-refractivity contribution >= 4 is 21.8 Å². The molecule has 1 aliphatic rings. The molecule has 0 saturated carbocycles. The Morgan fingerprint density at radius 2 is 2.12 bits per heavy atom. The first-order chi connectivity index (χ1) is 11.7. The van der Waals surface area contributed by atoms with Gasteiger partial charge in [0.2, 0.25) is 5.91 Å². The van der Waals surface area contributed by atoms with Crippen LogP contribution in [0.25, 0.3) is 11.3 Å². The first kappa shape index (κ1) is 17.2. The number of nitrogens with zero attached hydrogens (tertiary/aromatic N) is 2. The van der Waals surface area contributed by atoms with Crippen molar-refractivity contribution in [1.82, 2.24) is 15.2 Å². The van der Waals surface area contributed by atoms with Crippen LogP contribution < -0.4 is 5.32 Å². The summed E-state index contributed by atoms with van der Waals surface area (Å²) in [5.74, 6) is 1.52.